The number of halogens is 3. The van der Waals surface area contributed by atoms with Gasteiger partial charge in [0, 0.05) is 17.7 Å². The highest BCUT2D eigenvalue weighted by Crippen LogP contribution is 2.32. The standard InChI is InChI=1S/C13H9BrCl2N2O3/c1-18-5-7(14)4-10(18)12(19)17-11-8(15)2-6(13(20)21)3-9(11)16/h2-5H,1H3,(H,17,19)(H,20,21). The van der Waals surface area contributed by atoms with E-state index in [-0.39, 0.29) is 21.3 Å². The van der Waals surface area contributed by atoms with Gasteiger partial charge in [0.15, 0.2) is 0 Å². The fraction of sp³-hybridized carbons (Fsp3) is 0.0769. The van der Waals surface area contributed by atoms with Gasteiger partial charge >= 0.3 is 5.97 Å². The summed E-state index contributed by atoms with van der Waals surface area (Å²) in [6.07, 6.45) is 1.73. The number of carbonyl (C=O) groups is 2. The second-order valence-electron chi connectivity index (χ2n) is 4.23. The van der Waals surface area contributed by atoms with E-state index in [1.807, 2.05) is 0 Å². The smallest absolute Gasteiger partial charge is 0.335 e. The van der Waals surface area contributed by atoms with E-state index in [4.69, 9.17) is 28.3 Å². The van der Waals surface area contributed by atoms with Gasteiger partial charge in [0.25, 0.3) is 5.91 Å². The number of benzene rings is 1. The highest BCUT2D eigenvalue weighted by atomic mass is 79.9. The number of carboxylic acids is 1. The van der Waals surface area contributed by atoms with E-state index < -0.39 is 11.9 Å². The first-order chi connectivity index (χ1) is 9.79. The van der Waals surface area contributed by atoms with Crippen LogP contribution in [0.2, 0.25) is 10.0 Å². The molecule has 110 valence electrons. The number of aromatic carboxylic acids is 1. The Morgan fingerprint density at radius 3 is 2.24 bits per heavy atom. The predicted octanol–water partition coefficient (Wildman–Crippen LogP) is 4.04. The number of hydrogen-bond acceptors (Lipinski definition) is 2. The minimum absolute atomic E-state index is 0.0513. The van der Waals surface area contributed by atoms with Gasteiger partial charge in [-0.05, 0) is 34.1 Å². The lowest BCUT2D eigenvalue weighted by molar-refractivity contribution is 0.0696. The van der Waals surface area contributed by atoms with Gasteiger partial charge in [-0.25, -0.2) is 4.79 Å². The normalized spacial score (nSPS) is 10.5. The summed E-state index contributed by atoms with van der Waals surface area (Å²) >= 11 is 15.2. The van der Waals surface area contributed by atoms with Crippen molar-refractivity contribution in [2.75, 3.05) is 5.32 Å². The molecule has 0 saturated carbocycles. The van der Waals surface area contributed by atoms with Crippen molar-refractivity contribution in [2.24, 2.45) is 7.05 Å². The van der Waals surface area contributed by atoms with Crippen LogP contribution in [0.4, 0.5) is 5.69 Å². The SMILES string of the molecule is Cn1cc(Br)cc1C(=O)Nc1c(Cl)cc(C(=O)O)cc1Cl. The van der Waals surface area contributed by atoms with Gasteiger partial charge in [-0.2, -0.15) is 0 Å². The average Bonchev–Trinajstić information content (AvgIpc) is 2.72. The van der Waals surface area contributed by atoms with E-state index in [9.17, 15) is 9.59 Å². The lowest BCUT2D eigenvalue weighted by Gasteiger charge is -2.10. The molecule has 8 heteroatoms. The third-order valence-electron chi connectivity index (χ3n) is 2.73. The Hall–Kier alpha value is -1.50. The molecule has 0 aliphatic rings. The molecule has 0 aliphatic carbocycles. The number of aromatic nitrogens is 1. The summed E-state index contributed by atoms with van der Waals surface area (Å²) in [7, 11) is 1.72. The van der Waals surface area contributed by atoms with Crippen LogP contribution in [0.25, 0.3) is 0 Å². The average molecular weight is 392 g/mol. The molecule has 2 rings (SSSR count). The summed E-state index contributed by atoms with van der Waals surface area (Å²) in [5.41, 5.74) is 0.520. The summed E-state index contributed by atoms with van der Waals surface area (Å²) in [4.78, 5) is 23.1. The zero-order valence-electron chi connectivity index (χ0n) is 10.7. The second kappa shape index (κ2) is 6.09. The first kappa shape index (κ1) is 15.9. The lowest BCUT2D eigenvalue weighted by atomic mass is 10.2. The fourth-order valence-corrected chi connectivity index (χ4v) is 2.85. The molecule has 0 fully saturated rings. The van der Waals surface area contributed by atoms with Crippen molar-refractivity contribution >= 4 is 56.7 Å². The molecule has 2 aromatic rings. The van der Waals surface area contributed by atoms with Crippen LogP contribution in [0, 0.1) is 0 Å². The number of carbonyl (C=O) groups excluding carboxylic acids is 1. The zero-order valence-corrected chi connectivity index (χ0v) is 13.8. The van der Waals surface area contributed by atoms with Gasteiger partial charge < -0.3 is 15.0 Å². The largest absolute Gasteiger partial charge is 0.478 e. The molecule has 0 atom stereocenters. The molecule has 21 heavy (non-hydrogen) atoms. The molecule has 2 N–H and O–H groups in total. The summed E-state index contributed by atoms with van der Waals surface area (Å²) in [6.45, 7) is 0. The Balaban J connectivity index is 2.34. The minimum atomic E-state index is -1.15. The molecule has 0 aliphatic heterocycles. The van der Waals surface area contributed by atoms with Gasteiger partial charge in [-0.1, -0.05) is 23.2 Å². The van der Waals surface area contributed by atoms with Crippen molar-refractivity contribution in [2.45, 2.75) is 0 Å². The van der Waals surface area contributed by atoms with Crippen LogP contribution in [0.3, 0.4) is 0 Å². The van der Waals surface area contributed by atoms with Crippen molar-refractivity contribution in [1.82, 2.24) is 4.57 Å². The van der Waals surface area contributed by atoms with Crippen molar-refractivity contribution in [1.29, 1.82) is 0 Å². The Morgan fingerprint density at radius 1 is 1.24 bits per heavy atom. The summed E-state index contributed by atoms with van der Waals surface area (Å²) in [5.74, 6) is -1.56. The van der Waals surface area contributed by atoms with Crippen molar-refractivity contribution in [3.63, 3.8) is 0 Å². The number of carboxylic acid groups (broad SMARTS) is 1. The molecule has 0 spiro atoms. The first-order valence-electron chi connectivity index (χ1n) is 5.65. The quantitative estimate of drug-likeness (QED) is 0.829. The molecule has 1 aromatic carbocycles. The fourth-order valence-electron chi connectivity index (χ4n) is 1.74. The molecule has 1 aromatic heterocycles. The third kappa shape index (κ3) is 3.40. The van der Waals surface area contributed by atoms with Gasteiger partial charge in [0.1, 0.15) is 5.69 Å². The van der Waals surface area contributed by atoms with Crippen LogP contribution in [0.5, 0.6) is 0 Å². The lowest BCUT2D eigenvalue weighted by Crippen LogP contribution is -2.16. The first-order valence-corrected chi connectivity index (χ1v) is 7.20. The maximum Gasteiger partial charge on any atom is 0.335 e. The highest BCUT2D eigenvalue weighted by molar-refractivity contribution is 9.10. The van der Waals surface area contributed by atoms with E-state index in [2.05, 4.69) is 21.2 Å². The number of aryl methyl sites for hydroxylation is 1. The Kier molecular flexibility index (Phi) is 4.61. The van der Waals surface area contributed by atoms with E-state index in [1.54, 1.807) is 23.9 Å². The van der Waals surface area contributed by atoms with E-state index >= 15 is 0 Å². The number of anilines is 1. The van der Waals surface area contributed by atoms with Gasteiger partial charge in [0.2, 0.25) is 0 Å². The number of rotatable bonds is 3. The molecular weight excluding hydrogens is 383 g/mol. The minimum Gasteiger partial charge on any atom is -0.478 e. The van der Waals surface area contributed by atoms with Crippen molar-refractivity contribution < 1.29 is 14.7 Å². The second-order valence-corrected chi connectivity index (χ2v) is 5.96. The van der Waals surface area contributed by atoms with E-state index in [0.717, 1.165) is 4.47 Å². The molecule has 5 nitrogen and oxygen atoms in total. The number of hydrogen-bond donors (Lipinski definition) is 2. The van der Waals surface area contributed by atoms with Crippen LogP contribution in [0.15, 0.2) is 28.9 Å². The van der Waals surface area contributed by atoms with Crippen LogP contribution in [-0.2, 0) is 7.05 Å². The maximum absolute atomic E-state index is 12.2. The summed E-state index contributed by atoms with van der Waals surface area (Å²) < 4.78 is 2.39. The van der Waals surface area contributed by atoms with Gasteiger partial charge in [-0.3, -0.25) is 4.79 Å². The van der Waals surface area contributed by atoms with Crippen molar-refractivity contribution in [3.8, 4) is 0 Å². The number of amides is 1. The molecule has 1 heterocycles. The van der Waals surface area contributed by atoms with Crippen LogP contribution in [-0.4, -0.2) is 21.6 Å². The molecular formula is C13H9BrCl2N2O3. The number of nitrogens with one attached hydrogen (secondary N) is 1. The van der Waals surface area contributed by atoms with Crippen LogP contribution < -0.4 is 5.32 Å². The molecule has 1 amide bonds. The molecule has 0 radical (unpaired) electrons. The number of nitrogens with zero attached hydrogens (tertiary/aromatic N) is 1. The predicted molar refractivity (Wildman–Crippen MR) is 84.5 cm³/mol. The van der Waals surface area contributed by atoms with E-state index in [1.165, 1.54) is 12.1 Å². The summed E-state index contributed by atoms with van der Waals surface area (Å²) in [6, 6.07) is 4.10. The molecule has 0 bridgehead atoms. The zero-order chi connectivity index (χ0) is 15.7. The topological polar surface area (TPSA) is 71.3 Å². The molecule has 0 saturated heterocycles. The monoisotopic (exact) mass is 390 g/mol. The maximum atomic E-state index is 12.2. The summed E-state index contributed by atoms with van der Waals surface area (Å²) in [5, 5.41) is 11.6. The Labute approximate surface area is 138 Å². The van der Waals surface area contributed by atoms with Crippen molar-refractivity contribution in [3.05, 3.63) is 50.2 Å². The Morgan fingerprint density at radius 2 is 1.81 bits per heavy atom. The molecule has 0 unspecified atom stereocenters. The van der Waals surface area contributed by atoms with Gasteiger partial charge in [0.05, 0.1) is 21.3 Å². The van der Waals surface area contributed by atoms with E-state index in [0.29, 0.717) is 5.69 Å². The van der Waals surface area contributed by atoms with Crippen LogP contribution >= 0.6 is 39.1 Å². The Bertz CT molecular complexity index is 720. The third-order valence-corrected chi connectivity index (χ3v) is 3.76. The van der Waals surface area contributed by atoms with Gasteiger partial charge in [-0.15, -0.1) is 0 Å². The van der Waals surface area contributed by atoms with Crippen LogP contribution in [0.1, 0.15) is 20.8 Å². The highest BCUT2D eigenvalue weighted by Gasteiger charge is 2.17.